The Bertz CT molecular complexity index is 840. The van der Waals surface area contributed by atoms with Crippen LogP contribution in [0.5, 0.6) is 0 Å². The molecule has 0 saturated carbocycles. The van der Waals surface area contributed by atoms with Crippen LogP contribution in [0.15, 0.2) is 39.4 Å². The lowest BCUT2D eigenvalue weighted by molar-refractivity contribution is 0.862. The molecule has 114 valence electrons. The van der Waals surface area contributed by atoms with Gasteiger partial charge in [-0.3, -0.25) is 4.57 Å². The Morgan fingerprint density at radius 3 is 2.27 bits per heavy atom. The standard InChI is InChI=1S/C18H18Br2N2/c1-10(2)13-7-15(19)17(16(20)8-13)22-9-11(3)14-6-5-12(4)21-18(14)22/h5-10H,1-4H3. The van der Waals surface area contributed by atoms with E-state index in [9.17, 15) is 0 Å². The summed E-state index contributed by atoms with van der Waals surface area (Å²) in [4.78, 5) is 4.73. The fourth-order valence-electron chi connectivity index (χ4n) is 2.68. The summed E-state index contributed by atoms with van der Waals surface area (Å²) in [5.74, 6) is 0.491. The van der Waals surface area contributed by atoms with E-state index in [2.05, 4.69) is 87.7 Å². The maximum absolute atomic E-state index is 4.73. The molecule has 0 aliphatic rings. The predicted molar refractivity (Wildman–Crippen MR) is 100 cm³/mol. The third-order valence-electron chi connectivity index (χ3n) is 3.94. The maximum atomic E-state index is 4.73. The van der Waals surface area contributed by atoms with Gasteiger partial charge in [-0.25, -0.2) is 4.98 Å². The van der Waals surface area contributed by atoms with E-state index in [4.69, 9.17) is 4.98 Å². The molecule has 0 spiro atoms. The van der Waals surface area contributed by atoms with Gasteiger partial charge in [-0.2, -0.15) is 0 Å². The number of nitrogens with zero attached hydrogens (tertiary/aromatic N) is 2. The van der Waals surface area contributed by atoms with Gasteiger partial charge in [0.15, 0.2) is 0 Å². The molecule has 3 aromatic rings. The lowest BCUT2D eigenvalue weighted by Crippen LogP contribution is -1.99. The van der Waals surface area contributed by atoms with E-state index in [1.54, 1.807) is 0 Å². The van der Waals surface area contributed by atoms with E-state index in [-0.39, 0.29) is 0 Å². The fraction of sp³-hybridized carbons (Fsp3) is 0.278. The monoisotopic (exact) mass is 420 g/mol. The van der Waals surface area contributed by atoms with Crippen molar-refractivity contribution in [1.82, 2.24) is 9.55 Å². The van der Waals surface area contributed by atoms with Crippen LogP contribution >= 0.6 is 31.9 Å². The number of fused-ring (bicyclic) bond motifs is 1. The number of pyridine rings is 1. The summed E-state index contributed by atoms with van der Waals surface area (Å²) in [7, 11) is 0. The van der Waals surface area contributed by atoms with E-state index in [1.165, 1.54) is 16.5 Å². The van der Waals surface area contributed by atoms with Crippen LogP contribution in [0.1, 0.15) is 36.6 Å². The quantitative estimate of drug-likeness (QED) is 0.475. The smallest absolute Gasteiger partial charge is 0.145 e. The summed E-state index contributed by atoms with van der Waals surface area (Å²) in [6, 6.07) is 8.60. The Hall–Kier alpha value is -1.13. The second-order valence-electron chi connectivity index (χ2n) is 5.99. The van der Waals surface area contributed by atoms with Crippen molar-refractivity contribution < 1.29 is 0 Å². The van der Waals surface area contributed by atoms with Crippen LogP contribution in [-0.2, 0) is 0 Å². The van der Waals surface area contributed by atoms with E-state index in [0.717, 1.165) is 26.0 Å². The van der Waals surface area contributed by atoms with Crippen LogP contribution in [0, 0.1) is 13.8 Å². The average molecular weight is 422 g/mol. The van der Waals surface area contributed by atoms with Gasteiger partial charge in [-0.1, -0.05) is 13.8 Å². The summed E-state index contributed by atoms with van der Waals surface area (Å²) in [5, 5.41) is 1.19. The first-order valence-corrected chi connectivity index (χ1v) is 8.91. The van der Waals surface area contributed by atoms with Crippen molar-refractivity contribution >= 4 is 42.9 Å². The van der Waals surface area contributed by atoms with Gasteiger partial charge in [0.25, 0.3) is 0 Å². The highest BCUT2D eigenvalue weighted by Gasteiger charge is 2.15. The minimum absolute atomic E-state index is 0.491. The molecule has 2 aromatic heterocycles. The third kappa shape index (κ3) is 2.63. The molecular weight excluding hydrogens is 404 g/mol. The summed E-state index contributed by atoms with van der Waals surface area (Å²) < 4.78 is 4.31. The highest BCUT2D eigenvalue weighted by Crippen LogP contribution is 2.36. The number of hydrogen-bond acceptors (Lipinski definition) is 1. The average Bonchev–Trinajstić information content (AvgIpc) is 2.74. The molecule has 1 aromatic carbocycles. The topological polar surface area (TPSA) is 17.8 Å². The first-order valence-electron chi connectivity index (χ1n) is 7.33. The Morgan fingerprint density at radius 1 is 1.05 bits per heavy atom. The number of aryl methyl sites for hydroxylation is 2. The Kier molecular flexibility index (Phi) is 4.17. The van der Waals surface area contributed by atoms with Crippen molar-refractivity contribution in [2.45, 2.75) is 33.6 Å². The molecule has 0 bridgehead atoms. The third-order valence-corrected chi connectivity index (χ3v) is 5.15. The highest BCUT2D eigenvalue weighted by atomic mass is 79.9. The van der Waals surface area contributed by atoms with Crippen LogP contribution in [0.4, 0.5) is 0 Å². The predicted octanol–water partition coefficient (Wildman–Crippen LogP) is 6.29. The minimum Gasteiger partial charge on any atom is -0.299 e. The normalized spacial score (nSPS) is 11.6. The molecule has 4 heteroatoms. The number of rotatable bonds is 2. The molecule has 0 saturated heterocycles. The zero-order valence-electron chi connectivity index (χ0n) is 13.1. The van der Waals surface area contributed by atoms with Crippen molar-refractivity contribution in [1.29, 1.82) is 0 Å². The maximum Gasteiger partial charge on any atom is 0.145 e. The van der Waals surface area contributed by atoms with Crippen molar-refractivity contribution in [2.24, 2.45) is 0 Å². The molecule has 0 N–H and O–H groups in total. The summed E-state index contributed by atoms with van der Waals surface area (Å²) in [5.41, 5.74) is 5.66. The van der Waals surface area contributed by atoms with Gasteiger partial charge in [0.1, 0.15) is 5.65 Å². The molecule has 0 aliphatic heterocycles. The molecular formula is C18H18Br2N2. The van der Waals surface area contributed by atoms with Gasteiger partial charge < -0.3 is 0 Å². The summed E-state index contributed by atoms with van der Waals surface area (Å²) in [6.45, 7) is 8.56. The van der Waals surface area contributed by atoms with E-state index in [1.807, 2.05) is 6.92 Å². The van der Waals surface area contributed by atoms with Crippen LogP contribution < -0.4 is 0 Å². The zero-order chi connectivity index (χ0) is 16.0. The van der Waals surface area contributed by atoms with Crippen LogP contribution in [-0.4, -0.2) is 9.55 Å². The molecule has 0 fully saturated rings. The van der Waals surface area contributed by atoms with Crippen molar-refractivity contribution in [3.63, 3.8) is 0 Å². The van der Waals surface area contributed by atoms with E-state index < -0.39 is 0 Å². The molecule has 0 amide bonds. The van der Waals surface area contributed by atoms with Gasteiger partial charge in [-0.15, -0.1) is 0 Å². The van der Waals surface area contributed by atoms with Gasteiger partial charge in [0.05, 0.1) is 5.69 Å². The number of aromatic nitrogens is 2. The number of hydrogen-bond donors (Lipinski definition) is 0. The zero-order valence-corrected chi connectivity index (χ0v) is 16.3. The molecule has 0 unspecified atom stereocenters. The Morgan fingerprint density at radius 2 is 1.68 bits per heavy atom. The second kappa shape index (κ2) is 5.82. The number of benzene rings is 1. The minimum atomic E-state index is 0.491. The van der Waals surface area contributed by atoms with E-state index in [0.29, 0.717) is 5.92 Å². The molecule has 2 heterocycles. The van der Waals surface area contributed by atoms with Gasteiger partial charge >= 0.3 is 0 Å². The molecule has 0 aliphatic carbocycles. The highest BCUT2D eigenvalue weighted by molar-refractivity contribution is 9.11. The fourth-order valence-corrected chi connectivity index (χ4v) is 4.28. The van der Waals surface area contributed by atoms with Crippen molar-refractivity contribution in [3.8, 4) is 5.69 Å². The van der Waals surface area contributed by atoms with Crippen molar-refractivity contribution in [2.75, 3.05) is 0 Å². The second-order valence-corrected chi connectivity index (χ2v) is 7.70. The Labute approximate surface area is 147 Å². The lowest BCUT2D eigenvalue weighted by Gasteiger charge is -2.14. The lowest BCUT2D eigenvalue weighted by atomic mass is 10.0. The first-order chi connectivity index (χ1) is 10.4. The summed E-state index contributed by atoms with van der Waals surface area (Å²) in [6.07, 6.45) is 2.15. The van der Waals surface area contributed by atoms with Gasteiger partial charge in [0, 0.05) is 26.2 Å². The van der Waals surface area contributed by atoms with Crippen molar-refractivity contribution in [3.05, 3.63) is 56.2 Å². The molecule has 3 rings (SSSR count). The van der Waals surface area contributed by atoms with Crippen LogP contribution in [0.2, 0.25) is 0 Å². The summed E-state index contributed by atoms with van der Waals surface area (Å²) >= 11 is 7.48. The number of halogens is 2. The molecule has 2 nitrogen and oxygen atoms in total. The van der Waals surface area contributed by atoms with Crippen LogP contribution in [0.25, 0.3) is 16.7 Å². The molecule has 22 heavy (non-hydrogen) atoms. The molecule has 0 atom stereocenters. The van der Waals surface area contributed by atoms with Gasteiger partial charge in [-0.05, 0) is 87.0 Å². The van der Waals surface area contributed by atoms with Crippen LogP contribution in [0.3, 0.4) is 0 Å². The van der Waals surface area contributed by atoms with E-state index >= 15 is 0 Å². The largest absolute Gasteiger partial charge is 0.299 e. The first kappa shape index (κ1) is 15.8. The molecule has 0 radical (unpaired) electrons. The Balaban J connectivity index is 2.30. The van der Waals surface area contributed by atoms with Gasteiger partial charge in [0.2, 0.25) is 0 Å². The SMILES string of the molecule is Cc1ccc2c(C)cn(-c3c(Br)cc(C(C)C)cc3Br)c2n1.